The van der Waals surface area contributed by atoms with Gasteiger partial charge in [-0.05, 0) is 101 Å². The molecule has 40 heavy (non-hydrogen) atoms. The highest BCUT2D eigenvalue weighted by Gasteiger charge is 2.45. The first-order chi connectivity index (χ1) is 18.9. The lowest BCUT2D eigenvalue weighted by Gasteiger charge is -2.39. The van der Waals surface area contributed by atoms with E-state index >= 15 is 0 Å². The number of amides is 1. The second-order valence-electron chi connectivity index (χ2n) is 13.4. The van der Waals surface area contributed by atoms with Crippen LogP contribution >= 0.6 is 0 Å². The number of hydrogen-bond donors (Lipinski definition) is 2. The van der Waals surface area contributed by atoms with Crippen molar-refractivity contribution in [2.45, 2.75) is 115 Å². The summed E-state index contributed by atoms with van der Waals surface area (Å²) in [6, 6.07) is -0.193. The van der Waals surface area contributed by atoms with E-state index < -0.39 is 29.9 Å². The van der Waals surface area contributed by atoms with E-state index in [0.717, 1.165) is 45.1 Å². The number of nitrogens with one attached hydrogen (secondary N) is 2. The molecular formula is C30H45F4N5O. The fourth-order valence-corrected chi connectivity index (χ4v) is 7.57. The Balaban J connectivity index is 1.38. The smallest absolute Gasteiger partial charge is 0.360 e. The highest BCUT2D eigenvalue weighted by Crippen LogP contribution is 2.46. The highest BCUT2D eigenvalue weighted by molar-refractivity contribution is 5.81. The zero-order chi connectivity index (χ0) is 28.8. The molecule has 224 valence electrons. The summed E-state index contributed by atoms with van der Waals surface area (Å²) in [4.78, 5) is 15.9. The van der Waals surface area contributed by atoms with E-state index in [4.69, 9.17) is 5.41 Å². The average molecular weight is 568 g/mol. The second kappa shape index (κ2) is 11.6. The van der Waals surface area contributed by atoms with Crippen molar-refractivity contribution in [3.05, 3.63) is 17.5 Å². The molecule has 4 aliphatic rings. The molecule has 2 heterocycles. The Morgan fingerprint density at radius 1 is 1.12 bits per heavy atom. The van der Waals surface area contributed by atoms with Crippen molar-refractivity contribution in [3.63, 3.8) is 0 Å². The number of rotatable bonds is 8. The van der Waals surface area contributed by atoms with Gasteiger partial charge in [0.05, 0.1) is 5.84 Å². The van der Waals surface area contributed by atoms with Gasteiger partial charge in [-0.15, -0.1) is 0 Å². The van der Waals surface area contributed by atoms with Gasteiger partial charge < -0.3 is 10.2 Å². The van der Waals surface area contributed by atoms with Gasteiger partial charge in [0, 0.05) is 49.3 Å². The van der Waals surface area contributed by atoms with Gasteiger partial charge in [-0.2, -0.15) is 18.3 Å². The summed E-state index contributed by atoms with van der Waals surface area (Å²) in [5.41, 5.74) is -0.651. The van der Waals surface area contributed by atoms with Crippen LogP contribution in [0.3, 0.4) is 0 Å². The van der Waals surface area contributed by atoms with Gasteiger partial charge in [-0.1, -0.05) is 6.92 Å². The maximum Gasteiger partial charge on any atom is 0.435 e. The van der Waals surface area contributed by atoms with Gasteiger partial charge in [0.15, 0.2) is 5.69 Å². The molecule has 1 amide bonds. The van der Waals surface area contributed by atoms with Crippen LogP contribution in [0.2, 0.25) is 0 Å². The first-order valence-electron chi connectivity index (χ1n) is 15.3. The maximum absolute atomic E-state index is 14.2. The summed E-state index contributed by atoms with van der Waals surface area (Å²) >= 11 is 0. The van der Waals surface area contributed by atoms with Crippen molar-refractivity contribution in [1.29, 1.82) is 5.41 Å². The van der Waals surface area contributed by atoms with Gasteiger partial charge >= 0.3 is 6.18 Å². The molecule has 1 aliphatic heterocycles. The molecule has 4 fully saturated rings. The molecule has 5 rings (SSSR count). The topological polar surface area (TPSA) is 74.0 Å². The number of likely N-dealkylation sites (tertiary alicyclic amines) is 1. The summed E-state index contributed by atoms with van der Waals surface area (Å²) in [5.74, 6) is 0.337. The molecule has 1 aromatic rings. The fraction of sp³-hybridized carbons (Fsp3) is 0.833. The second-order valence-corrected chi connectivity index (χ2v) is 13.4. The number of hydrogen-bond acceptors (Lipinski definition) is 3. The minimum absolute atomic E-state index is 0.0119. The third-order valence-electron chi connectivity index (χ3n) is 9.93. The molecule has 1 aromatic heterocycles. The number of aromatic nitrogens is 2. The van der Waals surface area contributed by atoms with Crippen molar-refractivity contribution in [2.24, 2.45) is 29.6 Å². The molecule has 1 saturated heterocycles. The molecule has 3 aliphatic carbocycles. The van der Waals surface area contributed by atoms with E-state index in [2.05, 4.69) is 10.4 Å². The van der Waals surface area contributed by atoms with Crippen LogP contribution < -0.4 is 5.32 Å². The van der Waals surface area contributed by atoms with Gasteiger partial charge in [-0.3, -0.25) is 14.9 Å². The maximum atomic E-state index is 14.2. The first kappa shape index (κ1) is 29.4. The number of nitrogens with zero attached hydrogens (tertiary/aromatic N) is 3. The number of alkyl halides is 4. The van der Waals surface area contributed by atoms with E-state index in [1.807, 2.05) is 25.7 Å². The standard InChI is InChI=1S/C30H45F4N5O/c1-17(2)39-16-24(28(37-39)30(32,33)34)22-12-19(15-38-10-4-5-26(38)35)13-23(14-22)29(40)36-27(20-6-7-20)21-8-9-25(31)18(3)11-21/h16-23,25,27,35H,4-15H2,1-3H3,(H,36,40)/t18?,19?,21?,22?,23?,25?,27-/m0/s1. The van der Waals surface area contributed by atoms with Gasteiger partial charge in [0.1, 0.15) is 6.17 Å². The molecule has 6 unspecified atom stereocenters. The molecule has 3 saturated carbocycles. The number of amidine groups is 1. The number of carbonyl (C=O) groups is 1. The average Bonchev–Trinajstić information content (AvgIpc) is 3.48. The Kier molecular flexibility index (Phi) is 8.54. The van der Waals surface area contributed by atoms with Crippen molar-refractivity contribution in [2.75, 3.05) is 13.1 Å². The van der Waals surface area contributed by atoms with Crippen LogP contribution in [0.1, 0.15) is 108 Å². The predicted octanol–water partition coefficient (Wildman–Crippen LogP) is 6.72. The predicted molar refractivity (Wildman–Crippen MR) is 146 cm³/mol. The Morgan fingerprint density at radius 3 is 2.45 bits per heavy atom. The third kappa shape index (κ3) is 6.51. The normalized spacial score (nSPS) is 32.5. The minimum Gasteiger partial charge on any atom is -0.360 e. The SMILES string of the molecule is CC1CC([C@@H](NC(=O)C2CC(CN3CCCC3=N)CC(c3cn(C(C)C)nc3C(F)(F)F)C2)C2CC2)CCC1F. The molecule has 0 spiro atoms. The minimum atomic E-state index is -4.57. The van der Waals surface area contributed by atoms with Crippen molar-refractivity contribution in [1.82, 2.24) is 20.0 Å². The van der Waals surface area contributed by atoms with Crippen LogP contribution in [-0.4, -0.2) is 51.7 Å². The lowest BCUT2D eigenvalue weighted by Crippen LogP contribution is -2.48. The zero-order valence-corrected chi connectivity index (χ0v) is 24.0. The lowest BCUT2D eigenvalue weighted by atomic mass is 9.71. The third-order valence-corrected chi connectivity index (χ3v) is 9.93. The summed E-state index contributed by atoms with van der Waals surface area (Å²) in [7, 11) is 0. The highest BCUT2D eigenvalue weighted by atomic mass is 19.4. The molecule has 7 atom stereocenters. The van der Waals surface area contributed by atoms with Gasteiger partial charge in [0.25, 0.3) is 0 Å². The van der Waals surface area contributed by atoms with Gasteiger partial charge in [-0.25, -0.2) is 4.39 Å². The van der Waals surface area contributed by atoms with E-state index in [1.54, 1.807) is 0 Å². The summed E-state index contributed by atoms with van der Waals surface area (Å²) < 4.78 is 58.0. The van der Waals surface area contributed by atoms with E-state index in [1.165, 1.54) is 10.9 Å². The quantitative estimate of drug-likeness (QED) is 0.342. The Hall–Kier alpha value is -2.13. The Morgan fingerprint density at radius 2 is 1.85 bits per heavy atom. The summed E-state index contributed by atoms with van der Waals surface area (Å²) in [5, 5.41) is 15.6. The van der Waals surface area contributed by atoms with Crippen molar-refractivity contribution >= 4 is 11.7 Å². The molecule has 0 aromatic carbocycles. The lowest BCUT2D eigenvalue weighted by molar-refractivity contribution is -0.142. The van der Waals surface area contributed by atoms with Crippen LogP contribution in [0.15, 0.2) is 6.20 Å². The van der Waals surface area contributed by atoms with Crippen LogP contribution in [0, 0.1) is 35.0 Å². The van der Waals surface area contributed by atoms with Crippen LogP contribution in [0.25, 0.3) is 0 Å². The molecular weight excluding hydrogens is 522 g/mol. The molecule has 0 bridgehead atoms. The van der Waals surface area contributed by atoms with Gasteiger partial charge in [0.2, 0.25) is 5.91 Å². The molecule has 6 nitrogen and oxygen atoms in total. The monoisotopic (exact) mass is 567 g/mol. The van der Waals surface area contributed by atoms with Crippen molar-refractivity contribution < 1.29 is 22.4 Å². The largest absolute Gasteiger partial charge is 0.435 e. The molecule has 2 N–H and O–H groups in total. The Labute approximate surface area is 235 Å². The summed E-state index contributed by atoms with van der Waals surface area (Å²) in [6.07, 6.45) is 3.52. The zero-order valence-electron chi connectivity index (χ0n) is 24.0. The summed E-state index contributed by atoms with van der Waals surface area (Å²) in [6.45, 7) is 6.96. The van der Waals surface area contributed by atoms with Crippen LogP contribution in [0.4, 0.5) is 17.6 Å². The van der Waals surface area contributed by atoms with E-state index in [0.29, 0.717) is 44.0 Å². The number of carbonyl (C=O) groups excluding carboxylic acids is 1. The first-order valence-corrected chi connectivity index (χ1v) is 15.3. The Bertz CT molecular complexity index is 1070. The number of halogens is 4. The van der Waals surface area contributed by atoms with E-state index in [-0.39, 0.29) is 41.3 Å². The molecule has 0 radical (unpaired) electrons. The van der Waals surface area contributed by atoms with Crippen LogP contribution in [-0.2, 0) is 11.0 Å². The van der Waals surface area contributed by atoms with Crippen molar-refractivity contribution in [3.8, 4) is 0 Å². The fourth-order valence-electron chi connectivity index (χ4n) is 7.57. The van der Waals surface area contributed by atoms with Crippen LogP contribution in [0.5, 0.6) is 0 Å². The van der Waals surface area contributed by atoms with E-state index in [9.17, 15) is 22.4 Å². The molecule has 10 heteroatoms.